The van der Waals surface area contributed by atoms with Crippen LogP contribution in [0.1, 0.15) is 41.0 Å². The third-order valence-corrected chi connectivity index (χ3v) is 1.34. The second kappa shape index (κ2) is 5.98. The topological polar surface area (TPSA) is 44.8 Å². The van der Waals surface area contributed by atoms with Crippen molar-refractivity contribution in [3.63, 3.8) is 0 Å². The molecule has 0 N–H and O–H groups in total. The lowest BCUT2D eigenvalue weighted by Gasteiger charge is -2.22. The Labute approximate surface area is 85.5 Å². The van der Waals surface area contributed by atoms with Gasteiger partial charge in [0.25, 0.3) is 0 Å². The van der Waals surface area contributed by atoms with Crippen molar-refractivity contribution in [2.45, 2.75) is 52.7 Å². The van der Waals surface area contributed by atoms with Crippen LogP contribution >= 0.6 is 0 Å². The van der Waals surface area contributed by atoms with E-state index in [9.17, 15) is 4.79 Å². The third kappa shape index (κ3) is 5.94. The number of carbonyl (C=O) groups excluding carboxylic acids is 1. The summed E-state index contributed by atoms with van der Waals surface area (Å²) >= 11 is 0. The molecule has 4 nitrogen and oxygen atoms in total. The summed E-state index contributed by atoms with van der Waals surface area (Å²) in [6.45, 7) is 9.50. The molecule has 0 spiro atoms. The molecule has 0 amide bonds. The van der Waals surface area contributed by atoms with Crippen LogP contribution in [0.3, 0.4) is 0 Å². The Kier molecular flexibility index (Phi) is 5.72. The Morgan fingerprint density at radius 1 is 1.29 bits per heavy atom. The fraction of sp³-hybridized carbons (Fsp3) is 0.900. The molecule has 0 aliphatic heterocycles. The van der Waals surface area contributed by atoms with Gasteiger partial charge in [-0.1, -0.05) is 6.92 Å². The molecule has 0 radical (unpaired) electrons. The van der Waals surface area contributed by atoms with Crippen LogP contribution in [0.4, 0.5) is 0 Å². The second-order valence-electron chi connectivity index (χ2n) is 3.93. The van der Waals surface area contributed by atoms with Crippen LogP contribution in [0.25, 0.3) is 0 Å². The Balaban J connectivity index is 4.04. The summed E-state index contributed by atoms with van der Waals surface area (Å²) in [7, 11) is 0. The predicted molar refractivity (Wildman–Crippen MR) is 52.6 cm³/mol. The predicted octanol–water partition coefficient (Wildman–Crippen LogP) is 2.07. The van der Waals surface area contributed by atoms with Gasteiger partial charge in [0.1, 0.15) is 5.60 Å². The van der Waals surface area contributed by atoms with Crippen LogP contribution in [0, 0.1) is 0 Å². The molecular weight excluding hydrogens is 184 g/mol. The van der Waals surface area contributed by atoms with E-state index in [1.165, 1.54) is 0 Å². The Bertz CT molecular complexity index is 171. The van der Waals surface area contributed by atoms with Crippen LogP contribution in [-0.4, -0.2) is 24.3 Å². The number of rotatable bonds is 5. The summed E-state index contributed by atoms with van der Waals surface area (Å²) in [6, 6.07) is 0. The summed E-state index contributed by atoms with van der Waals surface area (Å²) in [4.78, 5) is 21.1. The van der Waals surface area contributed by atoms with E-state index in [0.29, 0.717) is 13.0 Å². The Hall–Kier alpha value is -0.610. The minimum atomic E-state index is -0.630. The zero-order valence-electron chi connectivity index (χ0n) is 9.62. The summed E-state index contributed by atoms with van der Waals surface area (Å²) in [5.74, 6) is -0.381. The lowest BCUT2D eigenvalue weighted by atomic mass is 10.2. The first-order chi connectivity index (χ1) is 6.40. The van der Waals surface area contributed by atoms with Crippen LogP contribution in [0.2, 0.25) is 0 Å². The highest BCUT2D eigenvalue weighted by molar-refractivity contribution is 5.74. The lowest BCUT2D eigenvalue weighted by molar-refractivity contribution is -0.319. The van der Waals surface area contributed by atoms with Crippen molar-refractivity contribution in [3.8, 4) is 0 Å². The average molecular weight is 204 g/mol. The molecule has 84 valence electrons. The second-order valence-corrected chi connectivity index (χ2v) is 3.93. The van der Waals surface area contributed by atoms with E-state index >= 15 is 0 Å². The van der Waals surface area contributed by atoms with E-state index < -0.39 is 11.7 Å². The number of carbonyl (C=O) groups is 1. The molecular formula is C10H20O4. The Morgan fingerprint density at radius 3 is 2.21 bits per heavy atom. The highest BCUT2D eigenvalue weighted by atomic mass is 17.2. The van der Waals surface area contributed by atoms with Gasteiger partial charge in [-0.25, -0.2) is 14.6 Å². The molecule has 14 heavy (non-hydrogen) atoms. The molecule has 0 aromatic rings. The van der Waals surface area contributed by atoms with E-state index in [0.717, 1.165) is 0 Å². The first-order valence-electron chi connectivity index (χ1n) is 4.91. The van der Waals surface area contributed by atoms with Gasteiger partial charge < -0.3 is 4.74 Å². The number of hydrogen-bond acceptors (Lipinski definition) is 4. The number of esters is 1. The van der Waals surface area contributed by atoms with Crippen LogP contribution < -0.4 is 0 Å². The van der Waals surface area contributed by atoms with E-state index in [2.05, 4.69) is 0 Å². The molecule has 0 fully saturated rings. The maximum Gasteiger partial charge on any atom is 0.339 e. The van der Waals surface area contributed by atoms with Gasteiger partial charge in [-0.15, -0.1) is 0 Å². The van der Waals surface area contributed by atoms with Crippen LogP contribution in [0.5, 0.6) is 0 Å². The first kappa shape index (κ1) is 13.4. The molecule has 4 heteroatoms. The fourth-order valence-corrected chi connectivity index (χ4v) is 0.792. The standard InChI is InChI=1S/C10H20O4/c1-6-8(14-12-7-2)9(11)13-10(3,4)5/h8H,6-7H2,1-5H3. The van der Waals surface area contributed by atoms with Crippen LogP contribution in [-0.2, 0) is 19.3 Å². The van der Waals surface area contributed by atoms with Crippen molar-refractivity contribution < 1.29 is 19.3 Å². The average Bonchev–Trinajstić information content (AvgIpc) is 2.02. The van der Waals surface area contributed by atoms with Gasteiger partial charge in [-0.2, -0.15) is 0 Å². The van der Waals surface area contributed by atoms with E-state index in [1.807, 2.05) is 27.7 Å². The molecule has 0 aromatic carbocycles. The fourth-order valence-electron chi connectivity index (χ4n) is 0.792. The quantitative estimate of drug-likeness (QED) is 0.390. The van der Waals surface area contributed by atoms with Gasteiger partial charge in [0.15, 0.2) is 6.10 Å². The molecule has 0 rings (SSSR count). The monoisotopic (exact) mass is 204 g/mol. The third-order valence-electron chi connectivity index (χ3n) is 1.34. The largest absolute Gasteiger partial charge is 0.458 e. The minimum absolute atomic E-state index is 0.381. The molecule has 1 unspecified atom stereocenters. The minimum Gasteiger partial charge on any atom is -0.458 e. The van der Waals surface area contributed by atoms with Gasteiger partial charge in [0, 0.05) is 0 Å². The highest BCUT2D eigenvalue weighted by Crippen LogP contribution is 2.11. The SMILES string of the molecule is CCOOC(CC)C(=O)OC(C)(C)C. The van der Waals surface area contributed by atoms with Gasteiger partial charge in [-0.05, 0) is 34.1 Å². The summed E-state index contributed by atoms with van der Waals surface area (Å²) in [5.41, 5.74) is -0.486. The highest BCUT2D eigenvalue weighted by Gasteiger charge is 2.25. The maximum absolute atomic E-state index is 11.5. The van der Waals surface area contributed by atoms with E-state index in [1.54, 1.807) is 6.92 Å². The first-order valence-corrected chi connectivity index (χ1v) is 4.91. The normalized spacial score (nSPS) is 13.8. The van der Waals surface area contributed by atoms with Crippen molar-refractivity contribution in [1.29, 1.82) is 0 Å². The summed E-state index contributed by atoms with van der Waals surface area (Å²) < 4.78 is 5.14. The molecule has 0 aliphatic carbocycles. The van der Waals surface area contributed by atoms with E-state index in [-0.39, 0.29) is 5.97 Å². The van der Waals surface area contributed by atoms with Crippen molar-refractivity contribution >= 4 is 5.97 Å². The summed E-state index contributed by atoms with van der Waals surface area (Å²) in [5, 5.41) is 0. The number of hydrogen-bond donors (Lipinski definition) is 0. The molecule has 0 aromatic heterocycles. The van der Waals surface area contributed by atoms with Crippen molar-refractivity contribution in [2.24, 2.45) is 0 Å². The molecule has 0 bridgehead atoms. The molecule has 0 heterocycles. The molecule has 0 saturated carbocycles. The van der Waals surface area contributed by atoms with Crippen molar-refractivity contribution in [2.75, 3.05) is 6.61 Å². The van der Waals surface area contributed by atoms with Gasteiger partial charge in [-0.3, -0.25) is 0 Å². The van der Waals surface area contributed by atoms with Crippen molar-refractivity contribution in [1.82, 2.24) is 0 Å². The van der Waals surface area contributed by atoms with Gasteiger partial charge >= 0.3 is 5.97 Å². The van der Waals surface area contributed by atoms with Gasteiger partial charge in [0.2, 0.25) is 0 Å². The zero-order chi connectivity index (χ0) is 11.2. The smallest absolute Gasteiger partial charge is 0.339 e. The maximum atomic E-state index is 11.5. The number of ether oxygens (including phenoxy) is 1. The molecule has 0 saturated heterocycles. The Morgan fingerprint density at radius 2 is 1.86 bits per heavy atom. The lowest BCUT2D eigenvalue weighted by Crippen LogP contribution is -2.33. The van der Waals surface area contributed by atoms with E-state index in [4.69, 9.17) is 14.5 Å². The van der Waals surface area contributed by atoms with Crippen LogP contribution in [0.15, 0.2) is 0 Å². The summed E-state index contributed by atoms with van der Waals surface area (Å²) in [6.07, 6.45) is -0.0938. The van der Waals surface area contributed by atoms with Crippen molar-refractivity contribution in [3.05, 3.63) is 0 Å². The molecule has 1 atom stereocenters. The van der Waals surface area contributed by atoms with Gasteiger partial charge in [0.05, 0.1) is 6.61 Å². The zero-order valence-corrected chi connectivity index (χ0v) is 9.62. The molecule has 0 aliphatic rings.